The predicted octanol–water partition coefficient (Wildman–Crippen LogP) is 4.24. The Labute approximate surface area is 181 Å². The number of likely N-dealkylation sites (N-methyl/N-ethyl adjacent to an activating group) is 1. The third-order valence-corrected chi connectivity index (χ3v) is 5.58. The Morgan fingerprint density at radius 1 is 1.23 bits per heavy atom. The fourth-order valence-corrected chi connectivity index (χ4v) is 3.62. The molecule has 3 rings (SSSR count). The Kier molecular flexibility index (Phi) is 6.84. The number of rotatable bonds is 8. The van der Waals surface area contributed by atoms with Crippen LogP contribution in [0, 0.1) is 5.92 Å². The Morgan fingerprint density at radius 2 is 1.97 bits per heavy atom. The molecule has 0 fully saturated rings. The first kappa shape index (κ1) is 21.9. The van der Waals surface area contributed by atoms with Crippen molar-refractivity contribution in [2.75, 3.05) is 26.6 Å². The summed E-state index contributed by atoms with van der Waals surface area (Å²) in [7, 11) is 4.94. The monoisotopic (exact) mass is 430 g/mol. The topological polar surface area (TPSA) is 76.9 Å². The van der Waals surface area contributed by atoms with Gasteiger partial charge in [-0.1, -0.05) is 31.9 Å². The summed E-state index contributed by atoms with van der Waals surface area (Å²) in [6.07, 6.45) is 4.65. The molecule has 0 saturated heterocycles. The molecule has 2 unspecified atom stereocenters. The molecule has 2 heterocycles. The summed E-state index contributed by atoms with van der Waals surface area (Å²) in [5.41, 5.74) is 2.84. The number of halogens is 1. The Hall–Kier alpha value is -2.77. The van der Waals surface area contributed by atoms with Gasteiger partial charge in [0.2, 0.25) is 5.91 Å². The molecule has 2 N–H and O–H groups in total. The maximum absolute atomic E-state index is 12.6. The molecule has 2 aromatic heterocycles. The number of aromatic nitrogens is 2. The highest BCUT2D eigenvalue weighted by Crippen LogP contribution is 2.38. The summed E-state index contributed by atoms with van der Waals surface area (Å²) >= 11 is 6.30. The molecule has 7 nitrogen and oxygen atoms in total. The van der Waals surface area contributed by atoms with E-state index in [2.05, 4.69) is 29.5 Å². The van der Waals surface area contributed by atoms with Crippen molar-refractivity contribution in [2.24, 2.45) is 5.92 Å². The molecule has 0 saturated carbocycles. The summed E-state index contributed by atoms with van der Waals surface area (Å²) in [5.74, 6) is 1.31. The SMILES string of the molecule is CCC(C)C(NC)C(=O)Nc1ccn2cc(-c3cc(Cl)c(OC)cc3OC)nc2c1. The molecule has 1 amide bonds. The van der Waals surface area contributed by atoms with Gasteiger partial charge in [-0.25, -0.2) is 4.98 Å². The van der Waals surface area contributed by atoms with Crippen molar-refractivity contribution in [1.29, 1.82) is 0 Å². The molecule has 0 aliphatic heterocycles. The van der Waals surface area contributed by atoms with E-state index in [-0.39, 0.29) is 17.9 Å². The van der Waals surface area contributed by atoms with Gasteiger partial charge in [-0.3, -0.25) is 4.79 Å². The zero-order valence-electron chi connectivity index (χ0n) is 17.8. The normalized spacial score (nSPS) is 13.1. The number of benzene rings is 1. The fraction of sp³-hybridized carbons (Fsp3) is 0.364. The van der Waals surface area contributed by atoms with Crippen LogP contribution in [0.3, 0.4) is 0 Å². The van der Waals surface area contributed by atoms with E-state index < -0.39 is 0 Å². The average molecular weight is 431 g/mol. The lowest BCUT2D eigenvalue weighted by atomic mass is 9.98. The van der Waals surface area contributed by atoms with Crippen LogP contribution in [0.5, 0.6) is 11.5 Å². The second kappa shape index (κ2) is 9.36. The summed E-state index contributed by atoms with van der Waals surface area (Å²) in [5, 5.41) is 6.55. The molecule has 2 atom stereocenters. The van der Waals surface area contributed by atoms with Crippen LogP contribution in [-0.2, 0) is 4.79 Å². The van der Waals surface area contributed by atoms with Crippen LogP contribution in [0.2, 0.25) is 5.02 Å². The van der Waals surface area contributed by atoms with E-state index in [1.807, 2.05) is 28.9 Å². The van der Waals surface area contributed by atoms with E-state index in [4.69, 9.17) is 21.1 Å². The molecule has 0 radical (unpaired) electrons. The van der Waals surface area contributed by atoms with Gasteiger partial charge in [0.1, 0.15) is 17.1 Å². The highest BCUT2D eigenvalue weighted by Gasteiger charge is 2.22. The second-order valence-electron chi connectivity index (χ2n) is 7.14. The van der Waals surface area contributed by atoms with E-state index in [9.17, 15) is 4.79 Å². The van der Waals surface area contributed by atoms with Crippen LogP contribution in [0.25, 0.3) is 16.9 Å². The predicted molar refractivity (Wildman–Crippen MR) is 120 cm³/mol. The number of fused-ring (bicyclic) bond motifs is 1. The lowest BCUT2D eigenvalue weighted by Gasteiger charge is -2.21. The van der Waals surface area contributed by atoms with Gasteiger partial charge in [0.05, 0.1) is 31.0 Å². The molecule has 0 bridgehead atoms. The lowest BCUT2D eigenvalue weighted by Crippen LogP contribution is -2.43. The maximum Gasteiger partial charge on any atom is 0.241 e. The van der Waals surface area contributed by atoms with Crippen molar-refractivity contribution in [3.05, 3.63) is 41.7 Å². The minimum Gasteiger partial charge on any atom is -0.496 e. The summed E-state index contributed by atoms with van der Waals surface area (Å²) in [6.45, 7) is 4.12. The van der Waals surface area contributed by atoms with Crippen molar-refractivity contribution < 1.29 is 14.3 Å². The van der Waals surface area contributed by atoms with Gasteiger partial charge >= 0.3 is 0 Å². The van der Waals surface area contributed by atoms with Crippen LogP contribution >= 0.6 is 11.6 Å². The van der Waals surface area contributed by atoms with Crippen LogP contribution in [0.15, 0.2) is 36.7 Å². The third-order valence-electron chi connectivity index (χ3n) is 5.28. The number of nitrogens with zero attached hydrogens (tertiary/aromatic N) is 2. The van der Waals surface area contributed by atoms with Gasteiger partial charge < -0.3 is 24.5 Å². The smallest absolute Gasteiger partial charge is 0.241 e. The zero-order valence-corrected chi connectivity index (χ0v) is 18.6. The van der Waals surface area contributed by atoms with Gasteiger partial charge in [0.25, 0.3) is 0 Å². The molecular weight excluding hydrogens is 404 g/mol. The summed E-state index contributed by atoms with van der Waals surface area (Å²) in [6, 6.07) is 6.93. The average Bonchev–Trinajstić information content (AvgIpc) is 3.17. The standard InChI is InChI=1S/C22H27ClN4O3/c1-6-13(2)21(24-3)22(28)25-14-7-8-27-12-17(26-20(27)9-14)15-10-16(23)19(30-5)11-18(15)29-4/h7-13,21,24H,6H2,1-5H3,(H,25,28). The first-order valence-electron chi connectivity index (χ1n) is 9.80. The van der Waals surface area contributed by atoms with Crippen LogP contribution in [0.1, 0.15) is 20.3 Å². The Bertz CT molecular complexity index is 1050. The van der Waals surface area contributed by atoms with Crippen LogP contribution in [-0.4, -0.2) is 42.6 Å². The first-order valence-corrected chi connectivity index (χ1v) is 10.2. The number of anilines is 1. The second-order valence-corrected chi connectivity index (χ2v) is 7.54. The van der Waals surface area contributed by atoms with Crippen molar-refractivity contribution in [1.82, 2.24) is 14.7 Å². The number of imidazole rings is 1. The lowest BCUT2D eigenvalue weighted by molar-refractivity contribution is -0.119. The number of pyridine rings is 1. The number of methoxy groups -OCH3 is 2. The number of carbonyl (C=O) groups is 1. The molecule has 8 heteroatoms. The van der Waals surface area contributed by atoms with Crippen molar-refractivity contribution in [3.63, 3.8) is 0 Å². The minimum absolute atomic E-state index is 0.0633. The van der Waals surface area contributed by atoms with Gasteiger partial charge in [0.15, 0.2) is 0 Å². The number of hydrogen-bond acceptors (Lipinski definition) is 5. The van der Waals surface area contributed by atoms with Crippen LogP contribution in [0.4, 0.5) is 5.69 Å². The highest BCUT2D eigenvalue weighted by atomic mass is 35.5. The van der Waals surface area contributed by atoms with E-state index in [0.717, 1.165) is 12.0 Å². The fourth-order valence-electron chi connectivity index (χ4n) is 3.38. The van der Waals surface area contributed by atoms with E-state index in [0.29, 0.717) is 33.6 Å². The minimum atomic E-state index is -0.257. The van der Waals surface area contributed by atoms with E-state index >= 15 is 0 Å². The molecule has 1 aromatic carbocycles. The quantitative estimate of drug-likeness (QED) is 0.558. The van der Waals surface area contributed by atoms with E-state index in [1.54, 1.807) is 33.4 Å². The van der Waals surface area contributed by atoms with Gasteiger partial charge in [0, 0.05) is 35.8 Å². The van der Waals surface area contributed by atoms with E-state index in [1.165, 1.54) is 0 Å². The molecule has 160 valence electrons. The third kappa shape index (κ3) is 4.37. The molecule has 0 aliphatic carbocycles. The number of carbonyl (C=O) groups excluding carboxylic acids is 1. The van der Waals surface area contributed by atoms with Gasteiger partial charge in [-0.2, -0.15) is 0 Å². The summed E-state index contributed by atoms with van der Waals surface area (Å²) < 4.78 is 12.6. The number of amides is 1. The van der Waals surface area contributed by atoms with Crippen molar-refractivity contribution >= 4 is 28.8 Å². The number of hydrogen-bond donors (Lipinski definition) is 2. The molecule has 30 heavy (non-hydrogen) atoms. The van der Waals surface area contributed by atoms with Crippen molar-refractivity contribution in [2.45, 2.75) is 26.3 Å². The maximum atomic E-state index is 12.6. The largest absolute Gasteiger partial charge is 0.496 e. The van der Waals surface area contributed by atoms with Gasteiger partial charge in [-0.15, -0.1) is 0 Å². The highest BCUT2D eigenvalue weighted by molar-refractivity contribution is 6.32. The van der Waals surface area contributed by atoms with Crippen LogP contribution < -0.4 is 20.1 Å². The van der Waals surface area contributed by atoms with Crippen molar-refractivity contribution in [3.8, 4) is 22.8 Å². The zero-order chi connectivity index (χ0) is 21.8. The summed E-state index contributed by atoms with van der Waals surface area (Å²) in [4.78, 5) is 17.3. The Morgan fingerprint density at radius 3 is 2.60 bits per heavy atom. The first-order chi connectivity index (χ1) is 14.4. The molecular formula is C22H27ClN4O3. The Balaban J connectivity index is 1.92. The molecule has 0 aliphatic rings. The van der Waals surface area contributed by atoms with Gasteiger partial charge in [-0.05, 0) is 25.1 Å². The molecule has 3 aromatic rings. The number of ether oxygens (including phenoxy) is 2. The molecule has 0 spiro atoms. The number of nitrogens with one attached hydrogen (secondary N) is 2.